The molecule has 4 heterocycles. The second-order valence-corrected chi connectivity index (χ2v) is 14.0. The first-order valence-electron chi connectivity index (χ1n) is 32.0. The molecule has 0 aliphatic heterocycles. The van der Waals surface area contributed by atoms with E-state index < -0.39 is 253 Å². The Morgan fingerprint density at radius 1 is 0.424 bits per heavy atom. The molecule has 0 saturated carbocycles. The molecule has 9 aromatic carbocycles. The molecule has 13 rings (SSSR count). The summed E-state index contributed by atoms with van der Waals surface area (Å²) in [5, 5.41) is -2.53. The standard InChI is InChI=1S/C54H31NO3S/c1-2-12-32(13-3-1)33-24-26-34(27-25-33)55(44-20-11-18-40-38-15-6-9-23-49(38)59-54(40)44)35-28-29-37-43-31-48-50(41-16-5-8-22-46(41)56-48)51(53(43)58-47(37)30-35)42-19-10-17-39-36-14-4-7-21-45(36)57-52(39)42/h1-31H/i1D,2D,3D,4D,5D,6D,7D,8D,9D,10D,11D,12D,13D,14D,15D,16D,18D,19D,20D,21D,22D,23D,24D,25D,26D,27D,28D,30D,31D. The number of furan rings is 3. The average Bonchev–Trinajstić information content (AvgIpc) is 1.81. The van der Waals surface area contributed by atoms with Crippen LogP contribution in [0.1, 0.15) is 39.8 Å². The lowest BCUT2D eigenvalue weighted by Gasteiger charge is -2.26. The summed E-state index contributed by atoms with van der Waals surface area (Å²) in [6.45, 7) is 0. The number of para-hydroxylation sites is 3. The Morgan fingerprint density at radius 2 is 1.14 bits per heavy atom. The summed E-state index contributed by atoms with van der Waals surface area (Å²) < 4.78 is 281. The third-order valence-corrected chi connectivity index (χ3v) is 10.9. The first kappa shape index (κ1) is 15.3. The molecule has 0 N–H and O–H groups in total. The number of nitrogens with zero attached hydrogens (tertiary/aromatic N) is 1. The highest BCUT2D eigenvalue weighted by Crippen LogP contribution is 2.50. The van der Waals surface area contributed by atoms with Crippen molar-refractivity contribution in [3.05, 3.63) is 187 Å². The van der Waals surface area contributed by atoms with Gasteiger partial charge in [0.1, 0.15) is 33.5 Å². The molecule has 0 fully saturated rings. The van der Waals surface area contributed by atoms with Gasteiger partial charge in [0.2, 0.25) is 0 Å². The van der Waals surface area contributed by atoms with E-state index in [1.807, 2.05) is 0 Å². The van der Waals surface area contributed by atoms with Crippen LogP contribution < -0.4 is 4.90 Å². The van der Waals surface area contributed by atoms with Crippen molar-refractivity contribution in [2.45, 2.75) is 0 Å². The summed E-state index contributed by atoms with van der Waals surface area (Å²) in [5.74, 6) is 0. The van der Waals surface area contributed by atoms with E-state index >= 15 is 0 Å². The predicted molar refractivity (Wildman–Crippen MR) is 247 cm³/mol. The second-order valence-electron chi connectivity index (χ2n) is 13.0. The third-order valence-electron chi connectivity index (χ3n) is 9.79. The Bertz CT molecular complexity index is 5470. The van der Waals surface area contributed by atoms with Crippen LogP contribution in [0.4, 0.5) is 17.1 Å². The molecule has 0 bridgehead atoms. The number of hydrogen-bond acceptors (Lipinski definition) is 5. The summed E-state index contributed by atoms with van der Waals surface area (Å²) in [4.78, 5) is 0.678. The number of rotatable bonds is 5. The minimum Gasteiger partial charge on any atom is -0.456 e. The minimum absolute atomic E-state index is 0.149. The van der Waals surface area contributed by atoms with Crippen LogP contribution in [0, 0.1) is 0 Å². The Kier molecular flexibility index (Phi) is 3.23. The van der Waals surface area contributed by atoms with Crippen molar-refractivity contribution >= 4 is 114 Å². The van der Waals surface area contributed by atoms with Gasteiger partial charge in [0.25, 0.3) is 0 Å². The number of anilines is 3. The molecular formula is C54H31NO3S. The normalized spacial score (nSPS) is 18.9. The summed E-state index contributed by atoms with van der Waals surface area (Å²) in [7, 11) is 0. The fourth-order valence-corrected chi connectivity index (χ4v) is 8.35. The minimum atomic E-state index is -1.12. The summed E-state index contributed by atoms with van der Waals surface area (Å²) >= 11 is 0.549. The van der Waals surface area contributed by atoms with Crippen molar-refractivity contribution in [3.8, 4) is 22.3 Å². The molecule has 0 amide bonds. The number of thiophene rings is 1. The van der Waals surface area contributed by atoms with E-state index in [0.29, 0.717) is 16.2 Å². The molecule has 0 unspecified atom stereocenters. The van der Waals surface area contributed by atoms with Crippen molar-refractivity contribution in [2.75, 3.05) is 4.90 Å². The van der Waals surface area contributed by atoms with Gasteiger partial charge in [-0.3, -0.25) is 0 Å². The lowest BCUT2D eigenvalue weighted by Crippen LogP contribution is -2.10. The van der Waals surface area contributed by atoms with Crippen LogP contribution in [-0.2, 0) is 0 Å². The van der Waals surface area contributed by atoms with E-state index in [1.54, 1.807) is 0 Å². The van der Waals surface area contributed by atoms with E-state index in [1.165, 1.54) is 0 Å². The van der Waals surface area contributed by atoms with Gasteiger partial charge in [0, 0.05) is 76.3 Å². The maximum atomic E-state index is 10.2. The fourth-order valence-electron chi connectivity index (χ4n) is 7.29. The quantitative estimate of drug-likeness (QED) is 0.174. The smallest absolute Gasteiger partial charge is 0.144 e. The first-order chi connectivity index (χ1) is 41.3. The maximum absolute atomic E-state index is 10.2. The number of benzene rings is 9. The van der Waals surface area contributed by atoms with Crippen molar-refractivity contribution in [1.29, 1.82) is 0 Å². The lowest BCUT2D eigenvalue weighted by molar-refractivity contribution is 0.662. The summed E-state index contributed by atoms with van der Waals surface area (Å²) in [5.41, 5.74) is -7.92. The maximum Gasteiger partial charge on any atom is 0.144 e. The van der Waals surface area contributed by atoms with Gasteiger partial charge in [-0.1, -0.05) is 127 Å². The van der Waals surface area contributed by atoms with Crippen molar-refractivity contribution in [3.63, 3.8) is 0 Å². The van der Waals surface area contributed by atoms with Gasteiger partial charge in [-0.05, 0) is 65.5 Å². The van der Waals surface area contributed by atoms with Gasteiger partial charge in [0.05, 0.1) is 50.1 Å². The van der Waals surface area contributed by atoms with E-state index in [2.05, 4.69) is 0 Å². The molecule has 13 aromatic rings. The van der Waals surface area contributed by atoms with E-state index in [9.17, 15) is 16.4 Å². The molecule has 4 nitrogen and oxygen atoms in total. The van der Waals surface area contributed by atoms with Gasteiger partial charge in [-0.25, -0.2) is 0 Å². The van der Waals surface area contributed by atoms with Crippen molar-refractivity contribution in [1.82, 2.24) is 0 Å². The Morgan fingerprint density at radius 3 is 2.00 bits per heavy atom. The van der Waals surface area contributed by atoms with Gasteiger partial charge in [0.15, 0.2) is 0 Å². The summed E-state index contributed by atoms with van der Waals surface area (Å²) in [6.07, 6.45) is 0. The van der Waals surface area contributed by atoms with Crippen LogP contribution in [0.5, 0.6) is 0 Å². The Labute approximate surface area is 382 Å². The number of hydrogen-bond donors (Lipinski definition) is 0. The van der Waals surface area contributed by atoms with Crippen LogP contribution in [0.3, 0.4) is 0 Å². The second kappa shape index (κ2) is 12.4. The van der Waals surface area contributed by atoms with E-state index in [4.69, 9.17) is 36.6 Å². The zero-order chi connectivity index (χ0) is 63.8. The van der Waals surface area contributed by atoms with E-state index in [-0.39, 0.29) is 47.1 Å². The fraction of sp³-hybridized carbons (Fsp3) is 0. The Hall–Kier alpha value is -7.60. The summed E-state index contributed by atoms with van der Waals surface area (Å²) in [6, 6.07) is -21.7. The molecule has 0 saturated heterocycles. The van der Waals surface area contributed by atoms with Crippen LogP contribution in [0.25, 0.3) is 108 Å². The molecule has 0 aliphatic rings. The van der Waals surface area contributed by atoms with Gasteiger partial charge in [-0.15, -0.1) is 11.3 Å². The highest BCUT2D eigenvalue weighted by molar-refractivity contribution is 7.26. The molecule has 0 spiro atoms. The van der Waals surface area contributed by atoms with Crippen LogP contribution >= 0.6 is 11.3 Å². The largest absolute Gasteiger partial charge is 0.456 e. The zero-order valence-electron chi connectivity index (χ0n) is 58.2. The molecule has 5 heteroatoms. The van der Waals surface area contributed by atoms with Crippen molar-refractivity contribution in [2.24, 2.45) is 0 Å². The SMILES string of the molecule is [2H]c1cc2c(oc3c([2H])c([2H])c([2H])c([2H])c32)c(-c2c3oc4c([2H])c(N(c5c([2H])c([2H])c(-c6c([2H])c([2H])c([2H])c([2H])c6[2H])c([2H])c5[2H])c5c([2H])c([2H])c([2H])c6c5sc5c([2H])c([2H])c([2H])c([2H])c56)c([2H])cc4c3c([2H])c3oc4c([2H])c([2H])c([2H])c([2H])c4c23)c1[2H]. The monoisotopic (exact) mass is 802 g/mol. The number of fused-ring (bicyclic) bond motifs is 12. The molecule has 4 aromatic heterocycles. The molecule has 0 atom stereocenters. The van der Waals surface area contributed by atoms with Crippen molar-refractivity contribution < 1.29 is 53.0 Å². The third kappa shape index (κ3) is 4.83. The topological polar surface area (TPSA) is 42.7 Å². The highest BCUT2D eigenvalue weighted by Gasteiger charge is 2.25. The molecule has 0 aliphatic carbocycles. The molecule has 276 valence electrons. The molecular weight excluding hydrogens is 743 g/mol. The lowest BCUT2D eigenvalue weighted by atomic mass is 9.95. The highest BCUT2D eigenvalue weighted by atomic mass is 32.1. The zero-order valence-corrected chi connectivity index (χ0v) is 30.1. The molecule has 0 radical (unpaired) electrons. The Balaban J connectivity index is 1.24. The van der Waals surface area contributed by atoms with Crippen LogP contribution in [0.2, 0.25) is 0 Å². The predicted octanol–water partition coefficient (Wildman–Crippen LogP) is 16.6. The average molecular weight is 803 g/mol. The first-order valence-corrected chi connectivity index (χ1v) is 18.3. The van der Waals surface area contributed by atoms with Crippen LogP contribution in [-0.4, -0.2) is 0 Å². The molecule has 59 heavy (non-hydrogen) atoms. The van der Waals surface area contributed by atoms with E-state index in [0.717, 1.165) is 12.1 Å². The van der Waals surface area contributed by atoms with Gasteiger partial charge in [-0.2, -0.15) is 0 Å². The van der Waals surface area contributed by atoms with Crippen LogP contribution in [0.15, 0.2) is 201 Å². The van der Waals surface area contributed by atoms with Gasteiger partial charge < -0.3 is 18.2 Å². The van der Waals surface area contributed by atoms with Gasteiger partial charge >= 0.3 is 0 Å².